The van der Waals surface area contributed by atoms with Crippen molar-refractivity contribution in [3.63, 3.8) is 0 Å². The largest absolute Gasteiger partial charge is 0.493 e. The maximum atomic E-state index is 12.6. The van der Waals surface area contributed by atoms with Gasteiger partial charge in [0.1, 0.15) is 6.61 Å². The Morgan fingerprint density at radius 1 is 1.17 bits per heavy atom. The Kier molecular flexibility index (Phi) is 6.18. The Morgan fingerprint density at radius 3 is 2.75 bits per heavy atom. The number of sulfone groups is 1. The van der Waals surface area contributed by atoms with E-state index in [2.05, 4.69) is 10.1 Å². The van der Waals surface area contributed by atoms with E-state index in [9.17, 15) is 13.2 Å². The molecule has 2 aromatic rings. The van der Waals surface area contributed by atoms with Gasteiger partial charge in [-0.2, -0.15) is 10.0 Å². The molecule has 186 valence electrons. The normalized spacial score (nSPS) is 17.7. The van der Waals surface area contributed by atoms with Crippen LogP contribution >= 0.6 is 11.8 Å². The maximum absolute atomic E-state index is 12.6. The van der Waals surface area contributed by atoms with Gasteiger partial charge in [-0.3, -0.25) is 10.2 Å². The van der Waals surface area contributed by atoms with Crippen molar-refractivity contribution in [1.82, 2.24) is 5.01 Å². The molecule has 3 aliphatic heterocycles. The minimum atomic E-state index is -3.60. The predicted molar refractivity (Wildman–Crippen MR) is 134 cm³/mol. The lowest BCUT2D eigenvalue weighted by Crippen LogP contribution is -2.35. The highest BCUT2D eigenvalue weighted by Gasteiger charge is 2.39. The number of nitrogens with zero attached hydrogens (tertiary/aromatic N) is 3. The van der Waals surface area contributed by atoms with Crippen LogP contribution in [0.3, 0.4) is 0 Å². The second-order valence-corrected chi connectivity index (χ2v) is 11.1. The monoisotopic (exact) mass is 528 g/mol. The first kappa shape index (κ1) is 23.9. The van der Waals surface area contributed by atoms with E-state index in [-0.39, 0.29) is 40.1 Å². The van der Waals surface area contributed by atoms with Crippen LogP contribution in [0.5, 0.6) is 23.0 Å². The SMILES string of the molecule is CCS(=O)(=O)C1=NN2C(=N)/C(=C/c3ccc(OCc4ccc5c(c4)OCO5)c(OC)c3)C(=O)N=C2S1. The number of ether oxygens (including phenoxy) is 4. The van der Waals surface area contributed by atoms with E-state index in [4.69, 9.17) is 24.4 Å². The zero-order valence-electron chi connectivity index (χ0n) is 19.2. The first-order valence-corrected chi connectivity index (χ1v) is 13.2. The fourth-order valence-electron chi connectivity index (χ4n) is 3.48. The summed E-state index contributed by atoms with van der Waals surface area (Å²) in [5.74, 6) is 1.19. The first-order valence-electron chi connectivity index (χ1n) is 10.7. The van der Waals surface area contributed by atoms with Crippen LogP contribution in [0.1, 0.15) is 18.1 Å². The van der Waals surface area contributed by atoms with E-state index in [1.807, 2.05) is 18.2 Å². The third-order valence-electron chi connectivity index (χ3n) is 5.41. The van der Waals surface area contributed by atoms with Crippen LogP contribution in [0.15, 0.2) is 52.1 Å². The van der Waals surface area contributed by atoms with Gasteiger partial charge >= 0.3 is 0 Å². The van der Waals surface area contributed by atoms with E-state index in [0.29, 0.717) is 28.6 Å². The third kappa shape index (κ3) is 4.42. The van der Waals surface area contributed by atoms with Crippen molar-refractivity contribution >= 4 is 49.0 Å². The quantitative estimate of drug-likeness (QED) is 0.560. The molecule has 3 heterocycles. The second kappa shape index (κ2) is 9.32. The van der Waals surface area contributed by atoms with Crippen molar-refractivity contribution in [3.05, 3.63) is 53.1 Å². The lowest BCUT2D eigenvalue weighted by atomic mass is 10.1. The Morgan fingerprint density at radius 2 is 1.97 bits per heavy atom. The summed E-state index contributed by atoms with van der Waals surface area (Å²) in [4.78, 5) is 16.5. The van der Waals surface area contributed by atoms with Gasteiger partial charge in [-0.1, -0.05) is 19.1 Å². The summed E-state index contributed by atoms with van der Waals surface area (Å²) >= 11 is 0.758. The minimum absolute atomic E-state index is 0.0330. The van der Waals surface area contributed by atoms with Gasteiger partial charge < -0.3 is 18.9 Å². The van der Waals surface area contributed by atoms with Crippen LogP contribution in [0.4, 0.5) is 0 Å². The van der Waals surface area contributed by atoms with Gasteiger partial charge in [-0.05, 0) is 53.2 Å². The number of thioether (sulfide) groups is 1. The maximum Gasteiger partial charge on any atom is 0.283 e. The number of fused-ring (bicyclic) bond motifs is 2. The van der Waals surface area contributed by atoms with Crippen molar-refractivity contribution in [1.29, 1.82) is 5.41 Å². The van der Waals surface area contributed by atoms with Crippen molar-refractivity contribution in [2.24, 2.45) is 10.1 Å². The average Bonchev–Trinajstić information content (AvgIpc) is 3.52. The fourth-order valence-corrected chi connectivity index (χ4v) is 5.64. The topological polar surface area (TPSA) is 140 Å². The van der Waals surface area contributed by atoms with E-state index in [1.165, 1.54) is 20.1 Å². The molecule has 2 aromatic carbocycles. The number of aliphatic imine (C=N–C) groups is 1. The van der Waals surface area contributed by atoms with Gasteiger partial charge in [0, 0.05) is 0 Å². The smallest absolute Gasteiger partial charge is 0.283 e. The molecule has 36 heavy (non-hydrogen) atoms. The summed E-state index contributed by atoms with van der Waals surface area (Å²) in [6.45, 7) is 1.95. The van der Waals surface area contributed by atoms with Gasteiger partial charge in [0.15, 0.2) is 28.8 Å². The molecule has 1 amide bonds. The Balaban J connectivity index is 1.36. The summed E-state index contributed by atoms with van der Waals surface area (Å²) < 4.78 is 46.2. The summed E-state index contributed by atoms with van der Waals surface area (Å²) in [6, 6.07) is 10.6. The van der Waals surface area contributed by atoms with Gasteiger partial charge in [0.25, 0.3) is 5.91 Å². The van der Waals surface area contributed by atoms with Crippen LogP contribution < -0.4 is 18.9 Å². The summed E-state index contributed by atoms with van der Waals surface area (Å²) in [6.07, 6.45) is 1.47. The first-order chi connectivity index (χ1) is 17.3. The second-order valence-electron chi connectivity index (χ2n) is 7.68. The number of carbonyl (C=O) groups excluding carboxylic acids is 1. The van der Waals surface area contributed by atoms with Crippen LogP contribution in [-0.2, 0) is 21.2 Å². The van der Waals surface area contributed by atoms with Gasteiger partial charge in [-0.15, -0.1) is 5.10 Å². The van der Waals surface area contributed by atoms with Crippen LogP contribution in [0.25, 0.3) is 6.08 Å². The molecule has 0 aliphatic carbocycles. The summed E-state index contributed by atoms with van der Waals surface area (Å²) in [5.41, 5.74) is 1.41. The molecule has 0 fully saturated rings. The number of hydrazone groups is 1. The lowest BCUT2D eigenvalue weighted by molar-refractivity contribution is -0.114. The highest BCUT2D eigenvalue weighted by molar-refractivity contribution is 8.42. The van der Waals surface area contributed by atoms with Gasteiger partial charge in [-0.25, -0.2) is 8.42 Å². The molecule has 0 saturated heterocycles. The number of amidine groups is 2. The van der Waals surface area contributed by atoms with Gasteiger partial charge in [0.2, 0.25) is 26.2 Å². The van der Waals surface area contributed by atoms with Gasteiger partial charge in [0.05, 0.1) is 18.4 Å². The van der Waals surface area contributed by atoms with Crippen LogP contribution in [-0.4, -0.2) is 54.4 Å². The number of benzene rings is 2. The molecule has 1 N–H and O–H groups in total. The van der Waals surface area contributed by atoms with E-state index >= 15 is 0 Å². The third-order valence-corrected chi connectivity index (χ3v) is 8.50. The molecule has 0 spiro atoms. The van der Waals surface area contributed by atoms with Crippen LogP contribution in [0.2, 0.25) is 0 Å². The molecule has 5 rings (SSSR count). The highest BCUT2D eigenvalue weighted by Crippen LogP contribution is 2.35. The predicted octanol–water partition coefficient (Wildman–Crippen LogP) is 3.01. The molecule has 0 unspecified atom stereocenters. The average molecular weight is 529 g/mol. The minimum Gasteiger partial charge on any atom is -0.493 e. The molecule has 13 heteroatoms. The number of rotatable bonds is 6. The Hall–Kier alpha value is -3.84. The number of carbonyl (C=O) groups is 1. The Labute approximate surface area is 210 Å². The molecule has 11 nitrogen and oxygen atoms in total. The number of hydrogen-bond donors (Lipinski definition) is 1. The number of methoxy groups -OCH3 is 1. The zero-order chi connectivity index (χ0) is 25.4. The molecule has 0 atom stereocenters. The Bertz CT molecular complexity index is 1480. The van der Waals surface area contributed by atoms with E-state index in [0.717, 1.165) is 22.3 Å². The molecule has 0 radical (unpaired) electrons. The molecular weight excluding hydrogens is 508 g/mol. The van der Waals surface area contributed by atoms with Crippen molar-refractivity contribution in [2.45, 2.75) is 13.5 Å². The number of amides is 1. The summed E-state index contributed by atoms with van der Waals surface area (Å²) in [7, 11) is -2.10. The molecule has 0 bridgehead atoms. The van der Waals surface area contributed by atoms with Crippen LogP contribution in [0, 0.1) is 5.41 Å². The number of nitrogens with one attached hydrogen (secondary N) is 1. The van der Waals surface area contributed by atoms with Crippen molar-refractivity contribution in [2.75, 3.05) is 19.7 Å². The lowest BCUT2D eigenvalue weighted by Gasteiger charge is -2.20. The highest BCUT2D eigenvalue weighted by atomic mass is 32.3. The van der Waals surface area contributed by atoms with E-state index < -0.39 is 15.7 Å². The zero-order valence-corrected chi connectivity index (χ0v) is 20.8. The summed E-state index contributed by atoms with van der Waals surface area (Å²) in [5, 5.41) is 13.5. The van der Waals surface area contributed by atoms with Crippen molar-refractivity contribution in [3.8, 4) is 23.0 Å². The van der Waals surface area contributed by atoms with E-state index in [1.54, 1.807) is 18.2 Å². The molecule has 0 saturated carbocycles. The van der Waals surface area contributed by atoms with Crippen molar-refractivity contribution < 1.29 is 32.2 Å². The number of hydrogen-bond acceptors (Lipinski definition) is 10. The molecule has 3 aliphatic rings. The standard InChI is InChI=1S/C23H20N4O7S2/c1-3-36(29,30)23-26-27-20(24)15(21(28)25-22(27)35-23)8-13-4-6-16(18(9-13)31-2)32-11-14-5-7-17-19(10-14)34-12-33-17/h4-10,24H,3,11-12H2,1-2H3/b15-8-,24-20?. The fraction of sp³-hybridized carbons (Fsp3) is 0.217. The molecule has 0 aromatic heterocycles. The molecular formula is C23H20N4O7S2.